The van der Waals surface area contributed by atoms with Gasteiger partial charge in [0.25, 0.3) is 0 Å². The second kappa shape index (κ2) is 5.97. The maximum atomic E-state index is 13.3. The molecule has 1 atom stereocenters. The first-order valence-corrected chi connectivity index (χ1v) is 5.74. The van der Waals surface area contributed by atoms with Crippen LogP contribution in [0.2, 0.25) is 0 Å². The zero-order chi connectivity index (χ0) is 12.1. The molecule has 1 unspecified atom stereocenters. The zero-order valence-electron chi connectivity index (χ0n) is 10.3. The predicted octanol–water partition coefficient (Wildman–Crippen LogP) is 2.48. The second-order valence-electron chi connectivity index (χ2n) is 4.30. The van der Waals surface area contributed by atoms with Crippen molar-refractivity contribution in [3.8, 4) is 0 Å². The van der Waals surface area contributed by atoms with Crippen LogP contribution in [0.3, 0.4) is 0 Å². The molecular weight excluding hydrogens is 203 g/mol. The SMILES string of the molecule is CCN(C)CCC(N)c1ccc(C)c(F)c1. The largest absolute Gasteiger partial charge is 0.324 e. The molecule has 2 N–H and O–H groups in total. The fraction of sp³-hybridized carbons (Fsp3) is 0.538. The van der Waals surface area contributed by atoms with Crippen LogP contribution in [0.4, 0.5) is 4.39 Å². The summed E-state index contributed by atoms with van der Waals surface area (Å²) < 4.78 is 13.3. The Morgan fingerprint density at radius 2 is 2.12 bits per heavy atom. The summed E-state index contributed by atoms with van der Waals surface area (Å²) in [6.07, 6.45) is 0.854. The highest BCUT2D eigenvalue weighted by molar-refractivity contribution is 5.25. The van der Waals surface area contributed by atoms with E-state index in [1.807, 2.05) is 6.07 Å². The summed E-state index contributed by atoms with van der Waals surface area (Å²) in [5.41, 5.74) is 7.57. The summed E-state index contributed by atoms with van der Waals surface area (Å²) in [4.78, 5) is 2.20. The van der Waals surface area contributed by atoms with Gasteiger partial charge in [-0.1, -0.05) is 19.1 Å². The number of hydrogen-bond acceptors (Lipinski definition) is 2. The summed E-state index contributed by atoms with van der Waals surface area (Å²) in [5.74, 6) is -0.170. The average molecular weight is 224 g/mol. The molecule has 3 heteroatoms. The summed E-state index contributed by atoms with van der Waals surface area (Å²) in [6, 6.07) is 5.17. The molecule has 0 aromatic heterocycles. The minimum Gasteiger partial charge on any atom is -0.324 e. The fourth-order valence-electron chi connectivity index (χ4n) is 1.52. The van der Waals surface area contributed by atoms with Crippen molar-refractivity contribution < 1.29 is 4.39 Å². The molecule has 0 aliphatic heterocycles. The van der Waals surface area contributed by atoms with Crippen LogP contribution in [0, 0.1) is 12.7 Å². The van der Waals surface area contributed by atoms with Crippen LogP contribution >= 0.6 is 0 Å². The maximum absolute atomic E-state index is 13.3. The highest BCUT2D eigenvalue weighted by Crippen LogP contribution is 2.17. The molecule has 0 fully saturated rings. The van der Waals surface area contributed by atoms with Crippen LogP contribution in [0.5, 0.6) is 0 Å². The average Bonchev–Trinajstić information content (AvgIpc) is 2.29. The molecule has 0 radical (unpaired) electrons. The number of aryl methyl sites for hydroxylation is 1. The fourth-order valence-corrected chi connectivity index (χ4v) is 1.52. The van der Waals surface area contributed by atoms with Crippen LogP contribution < -0.4 is 5.73 Å². The Morgan fingerprint density at radius 3 is 2.69 bits per heavy atom. The van der Waals surface area contributed by atoms with Crippen LogP contribution in [-0.2, 0) is 0 Å². The van der Waals surface area contributed by atoms with Crippen molar-refractivity contribution in [3.05, 3.63) is 35.1 Å². The van der Waals surface area contributed by atoms with E-state index in [4.69, 9.17) is 5.73 Å². The van der Waals surface area contributed by atoms with Crippen molar-refractivity contribution in [2.24, 2.45) is 5.73 Å². The number of rotatable bonds is 5. The Bertz CT molecular complexity index is 339. The summed E-state index contributed by atoms with van der Waals surface area (Å²) in [5, 5.41) is 0. The summed E-state index contributed by atoms with van der Waals surface area (Å²) in [6.45, 7) is 5.81. The van der Waals surface area contributed by atoms with Crippen LogP contribution in [0.1, 0.15) is 30.5 Å². The van der Waals surface area contributed by atoms with Gasteiger partial charge in [-0.2, -0.15) is 0 Å². The molecule has 0 saturated heterocycles. The van der Waals surface area contributed by atoms with Gasteiger partial charge >= 0.3 is 0 Å². The van der Waals surface area contributed by atoms with Crippen molar-refractivity contribution in [1.82, 2.24) is 4.90 Å². The lowest BCUT2D eigenvalue weighted by Crippen LogP contribution is -2.23. The van der Waals surface area contributed by atoms with E-state index in [0.29, 0.717) is 5.56 Å². The molecule has 2 nitrogen and oxygen atoms in total. The Kier molecular flexibility index (Phi) is 4.90. The van der Waals surface area contributed by atoms with Gasteiger partial charge in [-0.15, -0.1) is 0 Å². The normalized spacial score (nSPS) is 13.1. The molecule has 16 heavy (non-hydrogen) atoms. The van der Waals surface area contributed by atoms with Crippen LogP contribution in [-0.4, -0.2) is 25.0 Å². The Morgan fingerprint density at radius 1 is 1.44 bits per heavy atom. The minimum atomic E-state index is -0.170. The lowest BCUT2D eigenvalue weighted by atomic mass is 10.0. The molecule has 0 amide bonds. The third-order valence-corrected chi connectivity index (χ3v) is 2.99. The van der Waals surface area contributed by atoms with Crippen molar-refractivity contribution in [3.63, 3.8) is 0 Å². The molecule has 0 aliphatic rings. The summed E-state index contributed by atoms with van der Waals surface area (Å²) in [7, 11) is 2.06. The molecule has 0 saturated carbocycles. The van der Waals surface area contributed by atoms with E-state index in [0.717, 1.165) is 25.1 Å². The lowest BCUT2D eigenvalue weighted by Gasteiger charge is -2.18. The maximum Gasteiger partial charge on any atom is 0.126 e. The Hall–Kier alpha value is -0.930. The van der Waals surface area contributed by atoms with Crippen molar-refractivity contribution in [2.45, 2.75) is 26.3 Å². The van der Waals surface area contributed by atoms with Crippen LogP contribution in [0.15, 0.2) is 18.2 Å². The van der Waals surface area contributed by atoms with E-state index < -0.39 is 0 Å². The first-order chi connectivity index (χ1) is 7.54. The first-order valence-electron chi connectivity index (χ1n) is 5.74. The Balaban J connectivity index is 2.59. The van der Waals surface area contributed by atoms with E-state index in [-0.39, 0.29) is 11.9 Å². The monoisotopic (exact) mass is 224 g/mol. The highest BCUT2D eigenvalue weighted by Gasteiger charge is 2.08. The molecule has 0 spiro atoms. The van der Waals surface area contributed by atoms with Gasteiger partial charge in [0.1, 0.15) is 5.82 Å². The zero-order valence-corrected chi connectivity index (χ0v) is 10.3. The predicted molar refractivity (Wildman–Crippen MR) is 65.9 cm³/mol. The summed E-state index contributed by atoms with van der Waals surface area (Å²) >= 11 is 0. The molecule has 1 rings (SSSR count). The topological polar surface area (TPSA) is 29.3 Å². The van der Waals surface area contributed by atoms with Gasteiger partial charge in [0.05, 0.1) is 0 Å². The molecule has 1 aromatic carbocycles. The first kappa shape index (κ1) is 13.1. The van der Waals surface area contributed by atoms with E-state index in [9.17, 15) is 4.39 Å². The third kappa shape index (κ3) is 3.58. The quantitative estimate of drug-likeness (QED) is 0.832. The van der Waals surface area contributed by atoms with E-state index in [1.54, 1.807) is 19.1 Å². The van der Waals surface area contributed by atoms with Gasteiger partial charge in [-0.25, -0.2) is 4.39 Å². The standard InChI is InChI=1S/C13H21FN2/c1-4-16(3)8-7-13(15)11-6-5-10(2)12(14)9-11/h5-6,9,13H,4,7-8,15H2,1-3H3. The molecule has 1 aromatic rings. The second-order valence-corrected chi connectivity index (χ2v) is 4.30. The van der Waals surface area contributed by atoms with Gasteiger partial charge in [0.2, 0.25) is 0 Å². The number of halogens is 1. The van der Waals surface area contributed by atoms with Gasteiger partial charge in [-0.3, -0.25) is 0 Å². The van der Waals surface area contributed by atoms with Crippen molar-refractivity contribution in [2.75, 3.05) is 20.1 Å². The lowest BCUT2D eigenvalue weighted by molar-refractivity contribution is 0.335. The number of nitrogens with two attached hydrogens (primary N) is 1. The van der Waals surface area contributed by atoms with E-state index in [1.165, 1.54) is 0 Å². The molecule has 0 bridgehead atoms. The van der Waals surface area contributed by atoms with Gasteiger partial charge in [0.15, 0.2) is 0 Å². The number of hydrogen-bond donors (Lipinski definition) is 1. The van der Waals surface area contributed by atoms with E-state index in [2.05, 4.69) is 18.9 Å². The highest BCUT2D eigenvalue weighted by atomic mass is 19.1. The van der Waals surface area contributed by atoms with E-state index >= 15 is 0 Å². The van der Waals surface area contributed by atoms with Gasteiger partial charge < -0.3 is 10.6 Å². The third-order valence-electron chi connectivity index (χ3n) is 2.99. The van der Waals surface area contributed by atoms with Gasteiger partial charge in [0, 0.05) is 6.04 Å². The van der Waals surface area contributed by atoms with Gasteiger partial charge in [-0.05, 0) is 50.7 Å². The molecule has 90 valence electrons. The molecule has 0 heterocycles. The minimum absolute atomic E-state index is 0.0795. The van der Waals surface area contributed by atoms with Crippen molar-refractivity contribution >= 4 is 0 Å². The molecular formula is C13H21FN2. The smallest absolute Gasteiger partial charge is 0.126 e. The van der Waals surface area contributed by atoms with Crippen molar-refractivity contribution in [1.29, 1.82) is 0 Å². The Labute approximate surface area is 97.3 Å². The number of benzene rings is 1. The van der Waals surface area contributed by atoms with Crippen LogP contribution in [0.25, 0.3) is 0 Å². The number of nitrogens with zero attached hydrogens (tertiary/aromatic N) is 1. The molecule has 0 aliphatic carbocycles.